The molecule has 0 unspecified atom stereocenters. The predicted molar refractivity (Wildman–Crippen MR) is 77.8 cm³/mol. The van der Waals surface area contributed by atoms with E-state index in [1.807, 2.05) is 6.92 Å². The van der Waals surface area contributed by atoms with Crippen LogP contribution in [0.25, 0.3) is 0 Å². The van der Waals surface area contributed by atoms with E-state index < -0.39 is 21.7 Å². The molecule has 4 nitrogen and oxygen atoms in total. The average Bonchev–Trinajstić information content (AvgIpc) is 2.37. The Morgan fingerprint density at radius 2 is 1.67 bits per heavy atom. The van der Waals surface area contributed by atoms with E-state index >= 15 is 0 Å². The van der Waals surface area contributed by atoms with Crippen LogP contribution in [0.3, 0.4) is 0 Å². The lowest BCUT2D eigenvalue weighted by molar-refractivity contribution is 0.584. The maximum absolute atomic E-state index is 13.1. The topological polar surface area (TPSA) is 58.2 Å². The first kappa shape index (κ1) is 15.2. The highest BCUT2D eigenvalue weighted by atomic mass is 32.2. The first-order chi connectivity index (χ1) is 9.92. The van der Waals surface area contributed by atoms with E-state index in [1.165, 1.54) is 6.07 Å². The largest absolute Gasteiger partial charge is 0.384 e. The molecule has 0 bridgehead atoms. The molecular weight excluding hydrogens is 298 g/mol. The van der Waals surface area contributed by atoms with E-state index in [-0.39, 0.29) is 10.6 Å². The van der Waals surface area contributed by atoms with Crippen LogP contribution in [-0.4, -0.2) is 15.0 Å². The zero-order valence-electron chi connectivity index (χ0n) is 11.2. The fraction of sp³-hybridized carbons (Fsp3) is 0.143. The first-order valence-electron chi connectivity index (χ1n) is 6.24. The van der Waals surface area contributed by atoms with Crippen LogP contribution in [0.1, 0.15) is 6.92 Å². The van der Waals surface area contributed by atoms with E-state index in [0.717, 1.165) is 12.1 Å². The maximum Gasteiger partial charge on any atom is 0.263 e. The quantitative estimate of drug-likeness (QED) is 0.891. The molecule has 0 fully saturated rings. The van der Waals surface area contributed by atoms with Gasteiger partial charge < -0.3 is 5.32 Å². The molecule has 0 aliphatic rings. The molecule has 2 aromatic carbocycles. The second-order valence-corrected chi connectivity index (χ2v) is 5.94. The molecule has 0 saturated heterocycles. The Hall–Kier alpha value is -2.15. The highest BCUT2D eigenvalue weighted by Crippen LogP contribution is 2.24. The van der Waals surface area contributed by atoms with Crippen LogP contribution in [0.5, 0.6) is 0 Å². The smallest absolute Gasteiger partial charge is 0.263 e. The summed E-state index contributed by atoms with van der Waals surface area (Å²) in [4.78, 5) is 0.0107. The van der Waals surface area contributed by atoms with Gasteiger partial charge in [0.1, 0.15) is 16.5 Å². The third kappa shape index (κ3) is 3.69. The minimum absolute atomic E-state index is 0.0107. The van der Waals surface area contributed by atoms with Crippen LogP contribution in [0.15, 0.2) is 47.4 Å². The van der Waals surface area contributed by atoms with Crippen molar-refractivity contribution in [2.75, 3.05) is 16.6 Å². The van der Waals surface area contributed by atoms with Gasteiger partial charge in [-0.1, -0.05) is 12.1 Å². The summed E-state index contributed by atoms with van der Waals surface area (Å²) in [5.74, 6) is -1.71. The summed E-state index contributed by atoms with van der Waals surface area (Å²) in [7, 11) is -3.95. The third-order valence-electron chi connectivity index (χ3n) is 2.66. The molecule has 2 aromatic rings. The normalized spacial score (nSPS) is 11.2. The lowest BCUT2D eigenvalue weighted by Gasteiger charge is -2.13. The van der Waals surface area contributed by atoms with Gasteiger partial charge in [0.05, 0.1) is 11.4 Å². The number of para-hydroxylation sites is 1. The minimum atomic E-state index is -3.95. The monoisotopic (exact) mass is 312 g/mol. The Balaban J connectivity index is 2.38. The van der Waals surface area contributed by atoms with Crippen LogP contribution < -0.4 is 10.0 Å². The molecule has 0 aliphatic heterocycles. The van der Waals surface area contributed by atoms with Crippen LogP contribution in [0.4, 0.5) is 20.2 Å². The predicted octanol–water partition coefficient (Wildman–Crippen LogP) is 3.20. The Morgan fingerprint density at radius 3 is 2.29 bits per heavy atom. The summed E-state index contributed by atoms with van der Waals surface area (Å²) in [5, 5.41) is 2.92. The molecule has 2 N–H and O–H groups in total. The van der Waals surface area contributed by atoms with Gasteiger partial charge in [0.2, 0.25) is 0 Å². The SMILES string of the molecule is CCNc1ccccc1S(=O)(=O)Nc1cc(F)cc(F)c1. The van der Waals surface area contributed by atoms with Crippen molar-refractivity contribution < 1.29 is 17.2 Å². The summed E-state index contributed by atoms with van der Waals surface area (Å²) < 4.78 is 53.1. The molecule has 7 heteroatoms. The second-order valence-electron chi connectivity index (χ2n) is 4.29. The average molecular weight is 312 g/mol. The fourth-order valence-corrected chi connectivity index (χ4v) is 3.09. The van der Waals surface area contributed by atoms with E-state index in [4.69, 9.17) is 0 Å². The number of hydrogen-bond acceptors (Lipinski definition) is 3. The van der Waals surface area contributed by atoms with Gasteiger partial charge in [-0.05, 0) is 31.2 Å². The third-order valence-corrected chi connectivity index (χ3v) is 4.10. The molecule has 0 spiro atoms. The minimum Gasteiger partial charge on any atom is -0.384 e. The Bertz CT molecular complexity index is 728. The highest BCUT2D eigenvalue weighted by molar-refractivity contribution is 7.92. The molecule has 2 rings (SSSR count). The van der Waals surface area contributed by atoms with Crippen LogP contribution >= 0.6 is 0 Å². The van der Waals surface area contributed by atoms with Crippen molar-refractivity contribution in [3.63, 3.8) is 0 Å². The lowest BCUT2D eigenvalue weighted by atomic mass is 10.3. The highest BCUT2D eigenvalue weighted by Gasteiger charge is 2.18. The van der Waals surface area contributed by atoms with Crippen molar-refractivity contribution >= 4 is 21.4 Å². The van der Waals surface area contributed by atoms with Crippen LogP contribution in [0, 0.1) is 11.6 Å². The Kier molecular flexibility index (Phi) is 4.42. The van der Waals surface area contributed by atoms with Gasteiger partial charge in [-0.15, -0.1) is 0 Å². The molecule has 21 heavy (non-hydrogen) atoms. The summed E-state index contributed by atoms with van der Waals surface area (Å²) in [6, 6.07) is 8.79. The maximum atomic E-state index is 13.1. The van der Waals surface area contributed by atoms with Crippen LogP contribution in [0.2, 0.25) is 0 Å². The summed E-state index contributed by atoms with van der Waals surface area (Å²) >= 11 is 0. The number of hydrogen-bond donors (Lipinski definition) is 2. The van der Waals surface area contributed by atoms with E-state index in [9.17, 15) is 17.2 Å². The number of benzene rings is 2. The fourth-order valence-electron chi connectivity index (χ4n) is 1.86. The first-order valence-corrected chi connectivity index (χ1v) is 7.72. The van der Waals surface area contributed by atoms with Gasteiger partial charge in [0.25, 0.3) is 10.0 Å². The molecule has 0 saturated carbocycles. The lowest BCUT2D eigenvalue weighted by Crippen LogP contribution is -2.15. The Labute approximate surface area is 121 Å². The van der Waals surface area contributed by atoms with Crippen LogP contribution in [-0.2, 0) is 10.0 Å². The summed E-state index contributed by atoms with van der Waals surface area (Å²) in [5.41, 5.74) is 0.253. The zero-order chi connectivity index (χ0) is 15.5. The van der Waals surface area contributed by atoms with Gasteiger partial charge in [-0.2, -0.15) is 0 Å². The van der Waals surface area contributed by atoms with E-state index in [2.05, 4.69) is 10.0 Å². The summed E-state index contributed by atoms with van der Waals surface area (Å²) in [6.07, 6.45) is 0. The molecule has 0 atom stereocenters. The molecule has 0 heterocycles. The van der Waals surface area contributed by atoms with Crippen molar-refractivity contribution in [3.05, 3.63) is 54.1 Å². The van der Waals surface area contributed by atoms with Gasteiger partial charge in [-0.25, -0.2) is 17.2 Å². The Morgan fingerprint density at radius 1 is 1.05 bits per heavy atom. The van der Waals surface area contributed by atoms with Crippen molar-refractivity contribution in [2.45, 2.75) is 11.8 Å². The van der Waals surface area contributed by atoms with Gasteiger partial charge in [0.15, 0.2) is 0 Å². The number of halogens is 2. The molecule has 112 valence electrons. The van der Waals surface area contributed by atoms with E-state index in [1.54, 1.807) is 18.2 Å². The van der Waals surface area contributed by atoms with Crippen molar-refractivity contribution in [2.24, 2.45) is 0 Å². The molecule has 0 amide bonds. The standard InChI is InChI=1S/C14H14F2N2O2S/c1-2-17-13-5-3-4-6-14(13)21(19,20)18-12-8-10(15)7-11(16)9-12/h3-9,17-18H,2H2,1H3. The molecular formula is C14H14F2N2O2S. The van der Waals surface area contributed by atoms with Crippen molar-refractivity contribution in [1.29, 1.82) is 0 Å². The molecule has 0 aliphatic carbocycles. The van der Waals surface area contributed by atoms with Gasteiger partial charge >= 0.3 is 0 Å². The van der Waals surface area contributed by atoms with Crippen molar-refractivity contribution in [1.82, 2.24) is 0 Å². The molecule has 0 aromatic heterocycles. The number of nitrogens with one attached hydrogen (secondary N) is 2. The second kappa shape index (κ2) is 6.09. The number of anilines is 2. The van der Waals surface area contributed by atoms with E-state index in [0.29, 0.717) is 18.3 Å². The zero-order valence-corrected chi connectivity index (χ0v) is 12.0. The summed E-state index contributed by atoms with van der Waals surface area (Å²) in [6.45, 7) is 2.37. The van der Waals surface area contributed by atoms with Gasteiger partial charge in [0, 0.05) is 12.6 Å². The van der Waals surface area contributed by atoms with Gasteiger partial charge in [-0.3, -0.25) is 4.72 Å². The number of rotatable bonds is 5. The van der Waals surface area contributed by atoms with Crippen molar-refractivity contribution in [3.8, 4) is 0 Å². The number of sulfonamides is 1. The molecule has 0 radical (unpaired) electrons.